The molecule has 2 saturated heterocycles. The van der Waals surface area contributed by atoms with Crippen molar-refractivity contribution in [3.8, 4) is 0 Å². The minimum absolute atomic E-state index is 0.0153. The van der Waals surface area contributed by atoms with Crippen LogP contribution in [0.1, 0.15) is 45.4 Å². The lowest BCUT2D eigenvalue weighted by molar-refractivity contribution is -0.152. The maximum absolute atomic E-state index is 11.3. The van der Waals surface area contributed by atoms with Gasteiger partial charge in [0.05, 0.1) is 17.6 Å². The molecule has 0 saturated carbocycles. The van der Waals surface area contributed by atoms with Gasteiger partial charge in [-0.3, -0.25) is 4.79 Å². The summed E-state index contributed by atoms with van der Waals surface area (Å²) in [7, 11) is 2.14. The summed E-state index contributed by atoms with van der Waals surface area (Å²) in [6.07, 6.45) is 5.64. The molecule has 4 nitrogen and oxygen atoms in total. The second-order valence-electron chi connectivity index (χ2n) is 5.91. The number of piperidine rings is 1. The van der Waals surface area contributed by atoms with E-state index < -0.39 is 5.97 Å². The van der Waals surface area contributed by atoms with Crippen LogP contribution in [0.4, 0.5) is 0 Å². The van der Waals surface area contributed by atoms with Crippen molar-refractivity contribution in [2.75, 3.05) is 20.1 Å². The minimum atomic E-state index is -0.688. The number of hydrogen-bond acceptors (Lipinski definition) is 3. The maximum Gasteiger partial charge on any atom is 0.309 e. The van der Waals surface area contributed by atoms with Gasteiger partial charge in [0.25, 0.3) is 0 Å². The Labute approximate surface area is 109 Å². The molecule has 0 amide bonds. The van der Waals surface area contributed by atoms with Crippen molar-refractivity contribution in [3.05, 3.63) is 0 Å². The van der Waals surface area contributed by atoms with Crippen molar-refractivity contribution in [3.63, 3.8) is 0 Å². The van der Waals surface area contributed by atoms with E-state index in [0.717, 1.165) is 51.6 Å². The monoisotopic (exact) mass is 255 g/mol. The number of hydrogen-bond donors (Lipinski definition) is 1. The highest BCUT2D eigenvalue weighted by Gasteiger charge is 2.45. The first-order valence-corrected chi connectivity index (χ1v) is 7.15. The summed E-state index contributed by atoms with van der Waals surface area (Å²) in [6, 6.07) is 0. The van der Waals surface area contributed by atoms with Crippen molar-refractivity contribution < 1.29 is 14.6 Å². The van der Waals surface area contributed by atoms with Gasteiger partial charge in [-0.2, -0.15) is 0 Å². The van der Waals surface area contributed by atoms with Gasteiger partial charge in [0.15, 0.2) is 0 Å². The van der Waals surface area contributed by atoms with Crippen LogP contribution in [-0.2, 0) is 9.53 Å². The van der Waals surface area contributed by atoms with Crippen LogP contribution in [0.15, 0.2) is 0 Å². The van der Waals surface area contributed by atoms with Gasteiger partial charge in [-0.1, -0.05) is 13.3 Å². The summed E-state index contributed by atoms with van der Waals surface area (Å²) in [5.74, 6) is -0.999. The Balaban J connectivity index is 1.96. The summed E-state index contributed by atoms with van der Waals surface area (Å²) in [5, 5.41) is 9.31. The third-order valence-electron chi connectivity index (χ3n) is 4.55. The van der Waals surface area contributed by atoms with Crippen LogP contribution in [0.2, 0.25) is 0 Å². The van der Waals surface area contributed by atoms with E-state index in [2.05, 4.69) is 11.9 Å². The van der Waals surface area contributed by atoms with Crippen molar-refractivity contribution >= 4 is 5.97 Å². The van der Waals surface area contributed by atoms with Crippen LogP contribution in [0.5, 0.6) is 0 Å². The van der Waals surface area contributed by atoms with Crippen LogP contribution in [-0.4, -0.2) is 47.8 Å². The Bertz CT molecular complexity index is 297. The Hall–Kier alpha value is -0.610. The predicted molar refractivity (Wildman–Crippen MR) is 69.6 cm³/mol. The number of carbonyl (C=O) groups is 1. The average Bonchev–Trinajstić information content (AvgIpc) is 2.74. The van der Waals surface area contributed by atoms with E-state index in [1.807, 2.05) is 6.92 Å². The first-order valence-electron chi connectivity index (χ1n) is 7.15. The van der Waals surface area contributed by atoms with E-state index >= 15 is 0 Å². The molecule has 0 aromatic carbocycles. The SMILES string of the molecule is CCCC(C(=O)O)C1CCC2(CCN(C)CC2)O1. The average molecular weight is 255 g/mol. The van der Waals surface area contributed by atoms with Crippen molar-refractivity contribution in [1.82, 2.24) is 4.90 Å². The van der Waals surface area contributed by atoms with Gasteiger partial charge >= 0.3 is 5.97 Å². The topological polar surface area (TPSA) is 49.8 Å². The quantitative estimate of drug-likeness (QED) is 0.836. The molecule has 2 atom stereocenters. The Morgan fingerprint density at radius 2 is 2.11 bits per heavy atom. The lowest BCUT2D eigenvalue weighted by Crippen LogP contribution is -2.43. The summed E-state index contributed by atoms with van der Waals surface area (Å²) in [6.45, 7) is 4.17. The van der Waals surface area contributed by atoms with Crippen LogP contribution >= 0.6 is 0 Å². The van der Waals surface area contributed by atoms with Crippen molar-refractivity contribution in [2.24, 2.45) is 5.92 Å². The third-order valence-corrected chi connectivity index (χ3v) is 4.55. The molecule has 2 aliphatic heterocycles. The van der Waals surface area contributed by atoms with E-state index in [1.165, 1.54) is 0 Å². The number of likely N-dealkylation sites (tertiary alicyclic amines) is 1. The number of carboxylic acids is 1. The van der Waals surface area contributed by atoms with Crippen molar-refractivity contribution in [2.45, 2.75) is 57.2 Å². The number of carboxylic acid groups (broad SMARTS) is 1. The van der Waals surface area contributed by atoms with E-state index in [4.69, 9.17) is 4.74 Å². The fourth-order valence-electron chi connectivity index (χ4n) is 3.30. The normalized spacial score (nSPS) is 29.6. The van der Waals surface area contributed by atoms with Crippen LogP contribution in [0, 0.1) is 5.92 Å². The maximum atomic E-state index is 11.3. The van der Waals surface area contributed by atoms with Crippen LogP contribution < -0.4 is 0 Å². The second-order valence-corrected chi connectivity index (χ2v) is 5.91. The molecule has 2 rings (SSSR count). The second kappa shape index (κ2) is 5.57. The zero-order chi connectivity index (χ0) is 13.2. The lowest BCUT2D eigenvalue weighted by atomic mass is 9.88. The highest BCUT2D eigenvalue weighted by Crippen LogP contribution is 2.41. The van der Waals surface area contributed by atoms with Gasteiger partial charge in [0.2, 0.25) is 0 Å². The highest BCUT2D eigenvalue weighted by atomic mass is 16.5. The molecule has 0 radical (unpaired) electrons. The molecule has 1 N–H and O–H groups in total. The predicted octanol–water partition coefficient (Wildman–Crippen LogP) is 2.13. The Morgan fingerprint density at radius 3 is 2.67 bits per heavy atom. The molecular weight excluding hydrogens is 230 g/mol. The van der Waals surface area contributed by atoms with E-state index in [9.17, 15) is 9.90 Å². The fraction of sp³-hybridized carbons (Fsp3) is 0.929. The number of ether oxygens (including phenoxy) is 1. The zero-order valence-electron chi connectivity index (χ0n) is 11.5. The van der Waals surface area contributed by atoms with Gasteiger partial charge in [0.1, 0.15) is 0 Å². The van der Waals surface area contributed by atoms with Gasteiger partial charge in [0, 0.05) is 13.1 Å². The summed E-state index contributed by atoms with van der Waals surface area (Å²) in [5.41, 5.74) is -0.0153. The lowest BCUT2D eigenvalue weighted by Gasteiger charge is -2.38. The first-order chi connectivity index (χ1) is 8.56. The molecule has 0 bridgehead atoms. The van der Waals surface area contributed by atoms with E-state index in [-0.39, 0.29) is 17.6 Å². The number of aliphatic carboxylic acids is 1. The standard InChI is InChI=1S/C14H25NO3/c1-3-4-11(13(16)17)12-5-6-14(18-12)7-9-15(2)10-8-14/h11-12H,3-10H2,1-2H3,(H,16,17). The van der Waals surface area contributed by atoms with E-state index in [0.29, 0.717) is 0 Å². The molecule has 2 heterocycles. The van der Waals surface area contributed by atoms with Crippen LogP contribution in [0.3, 0.4) is 0 Å². The molecule has 2 unspecified atom stereocenters. The highest BCUT2D eigenvalue weighted by molar-refractivity contribution is 5.70. The molecular formula is C14H25NO3. The van der Waals surface area contributed by atoms with Gasteiger partial charge in [-0.05, 0) is 39.2 Å². The summed E-state index contributed by atoms with van der Waals surface area (Å²) in [4.78, 5) is 13.6. The summed E-state index contributed by atoms with van der Waals surface area (Å²) < 4.78 is 6.21. The van der Waals surface area contributed by atoms with Crippen LogP contribution in [0.25, 0.3) is 0 Å². The molecule has 0 aromatic heterocycles. The van der Waals surface area contributed by atoms with Gasteiger partial charge in [-0.15, -0.1) is 0 Å². The van der Waals surface area contributed by atoms with Crippen molar-refractivity contribution in [1.29, 1.82) is 0 Å². The first kappa shape index (κ1) is 13.8. The zero-order valence-corrected chi connectivity index (χ0v) is 11.5. The molecule has 2 aliphatic rings. The smallest absolute Gasteiger partial charge is 0.309 e. The molecule has 4 heteroatoms. The minimum Gasteiger partial charge on any atom is -0.481 e. The largest absolute Gasteiger partial charge is 0.481 e. The molecule has 104 valence electrons. The third kappa shape index (κ3) is 2.86. The van der Waals surface area contributed by atoms with Gasteiger partial charge < -0.3 is 14.7 Å². The molecule has 1 spiro atoms. The fourth-order valence-corrected chi connectivity index (χ4v) is 3.30. The Kier molecular flexibility index (Phi) is 4.28. The molecule has 0 aliphatic carbocycles. The molecule has 2 fully saturated rings. The number of nitrogens with zero attached hydrogens (tertiary/aromatic N) is 1. The molecule has 18 heavy (non-hydrogen) atoms. The van der Waals surface area contributed by atoms with Gasteiger partial charge in [-0.25, -0.2) is 0 Å². The Morgan fingerprint density at radius 1 is 1.44 bits per heavy atom. The van der Waals surface area contributed by atoms with E-state index in [1.54, 1.807) is 0 Å². The summed E-state index contributed by atoms with van der Waals surface area (Å²) >= 11 is 0. The molecule has 0 aromatic rings. The number of rotatable bonds is 4.